The second kappa shape index (κ2) is 7.67. The van der Waals surface area contributed by atoms with Gasteiger partial charge < -0.3 is 9.84 Å². The zero-order valence-electron chi connectivity index (χ0n) is 14.3. The van der Waals surface area contributed by atoms with Crippen molar-refractivity contribution in [3.05, 3.63) is 59.7 Å². The monoisotopic (exact) mass is 363 g/mol. The van der Waals surface area contributed by atoms with Crippen LogP contribution in [0.1, 0.15) is 11.1 Å². The highest BCUT2D eigenvalue weighted by molar-refractivity contribution is 7.89. The van der Waals surface area contributed by atoms with E-state index in [-0.39, 0.29) is 11.3 Å². The quantitative estimate of drug-likeness (QED) is 0.816. The number of benzene rings is 2. The maximum absolute atomic E-state index is 12.7. The smallest absolute Gasteiger partial charge is 0.322 e. The summed E-state index contributed by atoms with van der Waals surface area (Å²) in [5, 5.41) is 9.53. The lowest BCUT2D eigenvalue weighted by Gasteiger charge is -2.24. The lowest BCUT2D eigenvalue weighted by molar-refractivity contribution is -0.141. The maximum atomic E-state index is 12.7. The fourth-order valence-corrected chi connectivity index (χ4v) is 3.71. The van der Waals surface area contributed by atoms with Crippen LogP contribution < -0.4 is 4.74 Å². The molecule has 6 nitrogen and oxygen atoms in total. The fraction of sp³-hybridized carbons (Fsp3) is 0.278. The minimum atomic E-state index is -3.91. The highest BCUT2D eigenvalue weighted by Crippen LogP contribution is 2.20. The van der Waals surface area contributed by atoms with Crippen LogP contribution in [0.5, 0.6) is 5.75 Å². The summed E-state index contributed by atoms with van der Waals surface area (Å²) in [6, 6.07) is 12.0. The van der Waals surface area contributed by atoms with Gasteiger partial charge in [0, 0.05) is 7.05 Å². The number of likely N-dealkylation sites (N-methyl/N-ethyl adjacent to an activating group) is 1. The Kier molecular flexibility index (Phi) is 5.81. The van der Waals surface area contributed by atoms with Gasteiger partial charge in [-0.05, 0) is 43.2 Å². The number of hydrogen-bond donors (Lipinski definition) is 1. The van der Waals surface area contributed by atoms with E-state index in [0.29, 0.717) is 11.3 Å². The molecule has 0 aliphatic carbocycles. The molecule has 0 saturated heterocycles. The number of nitrogens with zero attached hydrogens (tertiary/aromatic N) is 1. The Labute approximate surface area is 147 Å². The Morgan fingerprint density at radius 1 is 1.12 bits per heavy atom. The van der Waals surface area contributed by atoms with Gasteiger partial charge in [0.15, 0.2) is 0 Å². The van der Waals surface area contributed by atoms with Crippen molar-refractivity contribution in [2.75, 3.05) is 14.2 Å². The Hall–Kier alpha value is -2.38. The molecule has 0 fully saturated rings. The van der Waals surface area contributed by atoms with Gasteiger partial charge in [-0.3, -0.25) is 4.79 Å². The maximum Gasteiger partial charge on any atom is 0.322 e. The number of rotatable bonds is 7. The predicted octanol–water partition coefficient (Wildman–Crippen LogP) is 2.32. The van der Waals surface area contributed by atoms with Gasteiger partial charge in [0.1, 0.15) is 11.8 Å². The van der Waals surface area contributed by atoms with Crippen molar-refractivity contribution >= 4 is 16.0 Å². The second-order valence-electron chi connectivity index (χ2n) is 5.74. The molecule has 2 aromatic carbocycles. The van der Waals surface area contributed by atoms with Crippen LogP contribution in [0.4, 0.5) is 0 Å². The molecule has 7 heteroatoms. The average molecular weight is 363 g/mol. The molecule has 2 aromatic rings. The third-order valence-electron chi connectivity index (χ3n) is 4.01. The molecule has 0 amide bonds. The van der Waals surface area contributed by atoms with Gasteiger partial charge >= 0.3 is 5.97 Å². The molecule has 134 valence electrons. The summed E-state index contributed by atoms with van der Waals surface area (Å²) in [6.45, 7) is 1.85. The van der Waals surface area contributed by atoms with E-state index < -0.39 is 22.0 Å². The van der Waals surface area contributed by atoms with E-state index in [1.807, 2.05) is 6.92 Å². The summed E-state index contributed by atoms with van der Waals surface area (Å²) >= 11 is 0. The van der Waals surface area contributed by atoms with Crippen LogP contribution in [0.15, 0.2) is 53.4 Å². The third-order valence-corrected chi connectivity index (χ3v) is 5.89. The number of hydrogen-bond acceptors (Lipinski definition) is 4. The van der Waals surface area contributed by atoms with Gasteiger partial charge in [0.05, 0.1) is 12.0 Å². The van der Waals surface area contributed by atoms with Crippen LogP contribution in [-0.4, -0.2) is 44.0 Å². The van der Waals surface area contributed by atoms with E-state index in [0.717, 1.165) is 9.87 Å². The summed E-state index contributed by atoms with van der Waals surface area (Å²) in [7, 11) is -1.08. The van der Waals surface area contributed by atoms with Gasteiger partial charge in [-0.25, -0.2) is 8.42 Å². The Morgan fingerprint density at radius 2 is 1.68 bits per heavy atom. The molecule has 25 heavy (non-hydrogen) atoms. The van der Waals surface area contributed by atoms with E-state index in [2.05, 4.69) is 0 Å². The first kappa shape index (κ1) is 19.0. The molecule has 0 aliphatic heterocycles. The molecule has 0 heterocycles. The number of aliphatic carboxylic acids is 1. The van der Waals surface area contributed by atoms with Gasteiger partial charge in [-0.1, -0.05) is 29.8 Å². The van der Waals surface area contributed by atoms with Crippen molar-refractivity contribution in [1.29, 1.82) is 0 Å². The van der Waals surface area contributed by atoms with Gasteiger partial charge in [0.25, 0.3) is 0 Å². The summed E-state index contributed by atoms with van der Waals surface area (Å²) in [5.41, 5.74) is 1.63. The molecule has 0 bridgehead atoms. The number of aryl methyl sites for hydroxylation is 1. The van der Waals surface area contributed by atoms with Crippen molar-refractivity contribution in [1.82, 2.24) is 4.31 Å². The SMILES string of the molecule is COc1ccc(CC(C(=O)O)N(C)S(=O)(=O)c2ccc(C)cc2)cc1. The molecular weight excluding hydrogens is 342 g/mol. The Morgan fingerprint density at radius 3 is 2.16 bits per heavy atom. The van der Waals surface area contributed by atoms with Crippen molar-refractivity contribution in [3.63, 3.8) is 0 Å². The van der Waals surface area contributed by atoms with E-state index in [1.54, 1.807) is 36.4 Å². The van der Waals surface area contributed by atoms with Crippen LogP contribution >= 0.6 is 0 Å². The van der Waals surface area contributed by atoms with E-state index in [1.165, 1.54) is 26.3 Å². The number of ether oxygens (including phenoxy) is 1. The van der Waals surface area contributed by atoms with Crippen LogP contribution in [0.2, 0.25) is 0 Å². The van der Waals surface area contributed by atoms with Crippen molar-refractivity contribution in [2.24, 2.45) is 0 Å². The van der Waals surface area contributed by atoms with Crippen molar-refractivity contribution in [3.8, 4) is 5.75 Å². The fourth-order valence-electron chi connectivity index (χ4n) is 2.40. The first-order valence-corrected chi connectivity index (χ1v) is 9.10. The lowest BCUT2D eigenvalue weighted by atomic mass is 10.1. The zero-order valence-corrected chi connectivity index (χ0v) is 15.2. The number of carboxylic acid groups (broad SMARTS) is 1. The normalized spacial score (nSPS) is 12.8. The first-order chi connectivity index (χ1) is 11.8. The molecule has 1 unspecified atom stereocenters. The largest absolute Gasteiger partial charge is 0.497 e. The standard InChI is InChI=1S/C18H21NO5S/c1-13-4-10-16(11-5-13)25(22,23)19(2)17(18(20)21)12-14-6-8-15(24-3)9-7-14/h4-11,17H,12H2,1-3H3,(H,20,21). The van der Waals surface area contributed by atoms with Gasteiger partial charge in [-0.15, -0.1) is 0 Å². The van der Waals surface area contributed by atoms with Crippen LogP contribution in [0, 0.1) is 6.92 Å². The third kappa shape index (κ3) is 4.37. The molecule has 0 aromatic heterocycles. The highest BCUT2D eigenvalue weighted by Gasteiger charge is 2.32. The molecule has 0 spiro atoms. The molecule has 0 radical (unpaired) electrons. The summed E-state index contributed by atoms with van der Waals surface area (Å²) in [4.78, 5) is 11.7. The Bertz CT molecular complexity index is 829. The summed E-state index contributed by atoms with van der Waals surface area (Å²) in [5.74, 6) is -0.551. The first-order valence-electron chi connectivity index (χ1n) is 7.66. The van der Waals surface area contributed by atoms with Crippen LogP contribution in [-0.2, 0) is 21.2 Å². The number of sulfonamides is 1. The Balaban J connectivity index is 2.28. The predicted molar refractivity (Wildman–Crippen MR) is 94.2 cm³/mol. The highest BCUT2D eigenvalue weighted by atomic mass is 32.2. The topological polar surface area (TPSA) is 83.9 Å². The van der Waals surface area contributed by atoms with E-state index in [4.69, 9.17) is 4.74 Å². The molecule has 2 rings (SSSR count). The summed E-state index contributed by atoms with van der Waals surface area (Å²) < 4.78 is 31.4. The second-order valence-corrected chi connectivity index (χ2v) is 7.74. The molecule has 1 N–H and O–H groups in total. The molecular formula is C18H21NO5S. The summed E-state index contributed by atoms with van der Waals surface area (Å²) in [6.07, 6.45) is 0.0565. The van der Waals surface area contributed by atoms with E-state index in [9.17, 15) is 18.3 Å². The minimum absolute atomic E-state index is 0.0565. The van der Waals surface area contributed by atoms with E-state index >= 15 is 0 Å². The minimum Gasteiger partial charge on any atom is -0.497 e. The lowest BCUT2D eigenvalue weighted by Crippen LogP contribution is -2.43. The zero-order chi connectivity index (χ0) is 18.6. The molecule has 1 atom stereocenters. The number of carbonyl (C=O) groups is 1. The number of methoxy groups -OCH3 is 1. The molecule has 0 saturated carbocycles. The van der Waals surface area contributed by atoms with Gasteiger partial charge in [0.2, 0.25) is 10.0 Å². The van der Waals surface area contributed by atoms with Crippen molar-refractivity contribution in [2.45, 2.75) is 24.3 Å². The van der Waals surface area contributed by atoms with Gasteiger partial charge in [-0.2, -0.15) is 4.31 Å². The van der Waals surface area contributed by atoms with Crippen LogP contribution in [0.3, 0.4) is 0 Å². The van der Waals surface area contributed by atoms with Crippen LogP contribution in [0.25, 0.3) is 0 Å². The number of carboxylic acids is 1. The van der Waals surface area contributed by atoms with Crippen molar-refractivity contribution < 1.29 is 23.1 Å². The molecule has 0 aliphatic rings. The average Bonchev–Trinajstić information content (AvgIpc) is 2.59.